The molecule has 1 aliphatic carbocycles. The van der Waals surface area contributed by atoms with Gasteiger partial charge >= 0.3 is 5.97 Å². The normalized spacial score (nSPS) is 23.8. The van der Waals surface area contributed by atoms with Crippen molar-refractivity contribution in [3.8, 4) is 0 Å². The minimum absolute atomic E-state index is 0.0525. The molecule has 0 radical (unpaired) electrons. The molecule has 1 aliphatic rings. The van der Waals surface area contributed by atoms with E-state index in [1.165, 1.54) is 12.5 Å². The van der Waals surface area contributed by atoms with Crippen molar-refractivity contribution >= 4 is 11.9 Å². The van der Waals surface area contributed by atoms with E-state index in [0.717, 1.165) is 19.3 Å². The van der Waals surface area contributed by atoms with E-state index in [4.69, 9.17) is 5.11 Å². The Balaban J connectivity index is 2.04. The summed E-state index contributed by atoms with van der Waals surface area (Å²) in [4.78, 5) is 22.6. The second-order valence-corrected chi connectivity index (χ2v) is 5.12. The van der Waals surface area contributed by atoms with E-state index in [-0.39, 0.29) is 11.9 Å². The van der Waals surface area contributed by atoms with Crippen molar-refractivity contribution < 1.29 is 14.7 Å². The van der Waals surface area contributed by atoms with E-state index in [0.29, 0.717) is 5.92 Å². The lowest BCUT2D eigenvalue weighted by Gasteiger charge is -2.22. The molecule has 4 nitrogen and oxygen atoms in total. The number of hydrogen-bond acceptors (Lipinski definition) is 2. The number of carbonyl (C=O) groups excluding carboxylic acids is 1. The van der Waals surface area contributed by atoms with Crippen LogP contribution in [0.2, 0.25) is 0 Å². The van der Waals surface area contributed by atoms with Gasteiger partial charge in [-0.2, -0.15) is 0 Å². The summed E-state index contributed by atoms with van der Waals surface area (Å²) in [5.74, 6) is -2.16. The summed E-state index contributed by atoms with van der Waals surface area (Å²) in [6.07, 6.45) is 3.01. The molecule has 0 heterocycles. The molecule has 2 rings (SSSR count). The third-order valence-electron chi connectivity index (χ3n) is 3.84. The Morgan fingerprint density at radius 2 is 1.95 bits per heavy atom. The second kappa shape index (κ2) is 5.87. The summed E-state index contributed by atoms with van der Waals surface area (Å²) in [6.45, 7) is 1.42. The van der Waals surface area contributed by atoms with Crippen molar-refractivity contribution in [2.75, 3.05) is 0 Å². The zero-order valence-electron chi connectivity index (χ0n) is 11.0. The first-order valence-electron chi connectivity index (χ1n) is 6.67. The van der Waals surface area contributed by atoms with Gasteiger partial charge < -0.3 is 10.4 Å². The third kappa shape index (κ3) is 3.13. The Bertz CT molecular complexity index is 458. The van der Waals surface area contributed by atoms with Gasteiger partial charge in [-0.15, -0.1) is 0 Å². The second-order valence-electron chi connectivity index (χ2n) is 5.12. The predicted molar refractivity (Wildman–Crippen MR) is 71.8 cm³/mol. The van der Waals surface area contributed by atoms with Gasteiger partial charge in [0.1, 0.15) is 5.92 Å². The van der Waals surface area contributed by atoms with Gasteiger partial charge in [0.2, 0.25) is 5.91 Å². The van der Waals surface area contributed by atoms with E-state index in [1.54, 1.807) is 0 Å². The average Bonchev–Trinajstić information content (AvgIpc) is 2.86. The largest absolute Gasteiger partial charge is 0.481 e. The van der Waals surface area contributed by atoms with Gasteiger partial charge in [0, 0.05) is 12.0 Å². The van der Waals surface area contributed by atoms with Crippen LogP contribution in [0.5, 0.6) is 0 Å². The quantitative estimate of drug-likeness (QED) is 0.816. The summed E-state index contributed by atoms with van der Waals surface area (Å²) in [7, 11) is 0. The van der Waals surface area contributed by atoms with Crippen molar-refractivity contribution in [3.63, 3.8) is 0 Å². The highest BCUT2D eigenvalue weighted by molar-refractivity contribution is 5.96. The van der Waals surface area contributed by atoms with Crippen molar-refractivity contribution in [1.82, 2.24) is 5.32 Å². The van der Waals surface area contributed by atoms with Crippen LogP contribution in [0.15, 0.2) is 30.3 Å². The Kier molecular flexibility index (Phi) is 4.20. The minimum atomic E-state index is -1.08. The molecule has 19 heavy (non-hydrogen) atoms. The topological polar surface area (TPSA) is 66.4 Å². The molecular weight excluding hydrogens is 242 g/mol. The van der Waals surface area contributed by atoms with Crippen molar-refractivity contribution in [2.24, 2.45) is 5.92 Å². The molecule has 0 aliphatic heterocycles. The Labute approximate surface area is 112 Å². The molecule has 0 saturated heterocycles. The maximum absolute atomic E-state index is 11.8. The molecule has 1 fully saturated rings. The van der Waals surface area contributed by atoms with E-state index >= 15 is 0 Å². The van der Waals surface area contributed by atoms with Gasteiger partial charge in [0.15, 0.2) is 0 Å². The molecule has 2 N–H and O–H groups in total. The number of amides is 1. The fraction of sp³-hybridized carbons (Fsp3) is 0.467. The van der Waals surface area contributed by atoms with Crippen LogP contribution in [0.4, 0.5) is 0 Å². The van der Waals surface area contributed by atoms with Crippen LogP contribution >= 0.6 is 0 Å². The predicted octanol–water partition coefficient (Wildman–Crippen LogP) is 2.16. The molecule has 0 bridgehead atoms. The first-order chi connectivity index (χ1) is 9.09. The van der Waals surface area contributed by atoms with E-state index in [9.17, 15) is 9.59 Å². The summed E-state index contributed by atoms with van der Waals surface area (Å²) < 4.78 is 0. The minimum Gasteiger partial charge on any atom is -0.481 e. The highest BCUT2D eigenvalue weighted by atomic mass is 16.4. The number of carbonyl (C=O) groups is 2. The molecule has 0 spiro atoms. The molecule has 1 saturated carbocycles. The lowest BCUT2D eigenvalue weighted by molar-refractivity contribution is -0.146. The first-order valence-corrected chi connectivity index (χ1v) is 6.67. The monoisotopic (exact) mass is 261 g/mol. The van der Waals surface area contributed by atoms with Crippen molar-refractivity contribution in [1.29, 1.82) is 0 Å². The Morgan fingerprint density at radius 1 is 1.26 bits per heavy atom. The van der Waals surface area contributed by atoms with Crippen LogP contribution in [-0.4, -0.2) is 23.0 Å². The Hall–Kier alpha value is -1.84. The van der Waals surface area contributed by atoms with Crippen LogP contribution in [0.1, 0.15) is 37.7 Å². The van der Waals surface area contributed by atoms with Gasteiger partial charge in [-0.3, -0.25) is 9.59 Å². The SMILES string of the molecule is CC(C(=O)O)C(=O)N[C@@H]1CCC[C@H]1c1ccccc1. The molecule has 1 amide bonds. The number of nitrogens with one attached hydrogen (secondary N) is 1. The lowest BCUT2D eigenvalue weighted by atomic mass is 9.94. The zero-order valence-corrected chi connectivity index (χ0v) is 11.0. The number of rotatable bonds is 4. The molecular formula is C15H19NO3. The van der Waals surface area contributed by atoms with Crippen LogP contribution in [0.3, 0.4) is 0 Å². The van der Waals surface area contributed by atoms with Gasteiger partial charge in [-0.05, 0) is 25.3 Å². The van der Waals surface area contributed by atoms with E-state index in [2.05, 4.69) is 17.4 Å². The van der Waals surface area contributed by atoms with Crippen molar-refractivity contribution in [3.05, 3.63) is 35.9 Å². The average molecular weight is 261 g/mol. The van der Waals surface area contributed by atoms with Crippen molar-refractivity contribution in [2.45, 2.75) is 38.1 Å². The molecule has 1 aromatic rings. The molecule has 3 atom stereocenters. The smallest absolute Gasteiger partial charge is 0.315 e. The highest BCUT2D eigenvalue weighted by Gasteiger charge is 2.32. The molecule has 102 valence electrons. The fourth-order valence-electron chi connectivity index (χ4n) is 2.65. The van der Waals surface area contributed by atoms with Crippen LogP contribution in [0.25, 0.3) is 0 Å². The number of hydrogen-bond donors (Lipinski definition) is 2. The number of aliphatic carboxylic acids is 1. The summed E-state index contributed by atoms with van der Waals surface area (Å²) >= 11 is 0. The van der Waals surface area contributed by atoms with Gasteiger partial charge in [-0.25, -0.2) is 0 Å². The standard InChI is InChI=1S/C15H19NO3/c1-10(15(18)19)14(17)16-13-9-5-8-12(13)11-6-3-2-4-7-11/h2-4,6-7,10,12-13H,5,8-9H2,1H3,(H,16,17)(H,18,19)/t10?,12-,13+/m0/s1. The fourth-order valence-corrected chi connectivity index (χ4v) is 2.65. The number of carboxylic acids is 1. The van der Waals surface area contributed by atoms with Gasteiger partial charge in [0.25, 0.3) is 0 Å². The number of carboxylic acid groups (broad SMARTS) is 1. The Morgan fingerprint density at radius 3 is 2.58 bits per heavy atom. The van der Waals surface area contributed by atoms with Crippen LogP contribution < -0.4 is 5.32 Å². The van der Waals surface area contributed by atoms with Crippen LogP contribution in [0, 0.1) is 5.92 Å². The lowest BCUT2D eigenvalue weighted by Crippen LogP contribution is -2.41. The van der Waals surface area contributed by atoms with Crippen LogP contribution in [-0.2, 0) is 9.59 Å². The number of benzene rings is 1. The zero-order chi connectivity index (χ0) is 13.8. The summed E-state index contributed by atoms with van der Waals surface area (Å²) in [5, 5.41) is 11.7. The molecule has 4 heteroatoms. The van der Waals surface area contributed by atoms with E-state index < -0.39 is 11.9 Å². The maximum atomic E-state index is 11.8. The maximum Gasteiger partial charge on any atom is 0.315 e. The molecule has 1 unspecified atom stereocenters. The summed E-state index contributed by atoms with van der Waals surface area (Å²) in [6, 6.07) is 10.1. The highest BCUT2D eigenvalue weighted by Crippen LogP contribution is 2.34. The molecule has 1 aromatic carbocycles. The third-order valence-corrected chi connectivity index (χ3v) is 3.84. The van der Waals surface area contributed by atoms with Gasteiger partial charge in [0.05, 0.1) is 0 Å². The first kappa shape index (κ1) is 13.6. The molecule has 0 aromatic heterocycles. The summed E-state index contributed by atoms with van der Waals surface area (Å²) in [5.41, 5.74) is 1.22. The van der Waals surface area contributed by atoms with Gasteiger partial charge in [-0.1, -0.05) is 36.8 Å². The van der Waals surface area contributed by atoms with E-state index in [1.807, 2.05) is 18.2 Å².